The molecule has 0 aliphatic rings. The number of alkyl halides is 10. The minimum atomic E-state index is -7.67. The number of halogens is 13. The van der Waals surface area contributed by atoms with E-state index < -0.39 is 72.2 Å². The van der Waals surface area contributed by atoms with Crippen molar-refractivity contribution in [1.82, 2.24) is 4.13 Å². The smallest absolute Gasteiger partial charge is 0.398 e. The Bertz CT molecular complexity index is 1300. The van der Waals surface area contributed by atoms with Crippen molar-refractivity contribution in [1.29, 1.82) is 5.39 Å². The lowest BCUT2D eigenvalue weighted by Gasteiger charge is -2.36. The third kappa shape index (κ3) is 6.15. The number of hydrogen-bond acceptors (Lipinski definition) is 7. The van der Waals surface area contributed by atoms with Gasteiger partial charge in [-0.05, 0) is 12.1 Å². The highest BCUT2D eigenvalue weighted by Crippen LogP contribution is 2.53. The zero-order valence-corrected chi connectivity index (χ0v) is 18.0. The summed E-state index contributed by atoms with van der Waals surface area (Å²) in [5, 5.41) is 1.06. The summed E-state index contributed by atoms with van der Waals surface area (Å²) in [6.07, 6.45) is -26.6. The van der Waals surface area contributed by atoms with Gasteiger partial charge < -0.3 is 4.74 Å². The third-order valence-corrected chi connectivity index (χ3v) is 7.09. The molecule has 0 saturated carbocycles. The van der Waals surface area contributed by atoms with Gasteiger partial charge in [-0.1, -0.05) is 4.13 Å². The molecule has 0 aliphatic carbocycles. The van der Waals surface area contributed by atoms with Gasteiger partial charge in [0.05, 0.1) is 4.90 Å². The molecule has 1 N–H and O–H groups in total. The second kappa shape index (κ2) is 9.76. The first kappa shape index (κ1) is 32.1. The highest BCUT2D eigenvalue weighted by molar-refractivity contribution is 8.05. The predicted molar refractivity (Wildman–Crippen MR) is 87.7 cm³/mol. The zero-order chi connectivity index (χ0) is 29.5. The molecular weight excluding hydrogens is 605 g/mol. The Labute approximate surface area is 195 Å². The number of nitrogens with one attached hydrogen (secondary N) is 1. The van der Waals surface area contributed by atoms with Crippen molar-refractivity contribution in [3.05, 3.63) is 41.3 Å². The van der Waals surface area contributed by atoms with E-state index >= 15 is 0 Å². The van der Waals surface area contributed by atoms with Gasteiger partial charge in [-0.3, -0.25) is 4.74 Å². The van der Waals surface area contributed by atoms with Crippen LogP contribution in [0.4, 0.5) is 62.8 Å². The van der Waals surface area contributed by atoms with E-state index in [1.807, 2.05) is 4.74 Å². The van der Waals surface area contributed by atoms with Crippen LogP contribution in [0.3, 0.4) is 0 Å². The summed E-state index contributed by atoms with van der Waals surface area (Å²) in [5.74, 6) is -7.67. The number of ether oxygens (including phenoxy) is 2. The predicted octanol–water partition coefficient (Wildman–Crippen LogP) is 4.85. The molecule has 9 nitrogen and oxygen atoms in total. The first-order chi connectivity index (χ1) is 16.3. The van der Waals surface area contributed by atoms with E-state index in [0.717, 1.165) is 0 Å². The lowest BCUT2D eigenvalue weighted by molar-refractivity contribution is -0.510. The fourth-order valence-corrected chi connectivity index (χ4v) is 4.64. The van der Waals surface area contributed by atoms with Gasteiger partial charge >= 0.3 is 47.3 Å². The van der Waals surface area contributed by atoms with Crippen LogP contribution in [0.15, 0.2) is 41.3 Å². The number of nitrogens with zero attached hydrogens (tertiary/aromatic N) is 2. The van der Waals surface area contributed by atoms with Gasteiger partial charge in [0, 0.05) is 12.1 Å². The first-order valence-corrected chi connectivity index (χ1v) is 11.0. The largest absolute Gasteiger partial charge is 0.471 e. The van der Waals surface area contributed by atoms with Crippen molar-refractivity contribution >= 4 is 25.7 Å². The molecule has 1 aromatic rings. The number of sulfonamides is 2. The maximum Gasteiger partial charge on any atom is 0.471 e. The van der Waals surface area contributed by atoms with E-state index in [4.69, 9.17) is 5.39 Å². The van der Waals surface area contributed by atoms with Gasteiger partial charge in [0.25, 0.3) is 20.0 Å². The number of hydrogen-bond donors (Lipinski definition) is 1. The number of diazo groups is 1. The Balaban J connectivity index is 3.53. The highest BCUT2D eigenvalue weighted by Gasteiger charge is 2.82. The summed E-state index contributed by atoms with van der Waals surface area (Å²) in [4.78, 5) is 1.15. The molecule has 210 valence electrons. The summed E-state index contributed by atoms with van der Waals surface area (Å²) in [6, 6.07) is -2.23. The van der Waals surface area contributed by atoms with Crippen molar-refractivity contribution in [3.8, 4) is 0 Å². The van der Waals surface area contributed by atoms with Gasteiger partial charge in [0.2, 0.25) is 5.39 Å². The molecule has 1 aromatic carbocycles. The van der Waals surface area contributed by atoms with Crippen LogP contribution in [0.25, 0.3) is 4.98 Å². The topological polar surface area (TPSA) is 127 Å². The van der Waals surface area contributed by atoms with Crippen LogP contribution in [-0.4, -0.2) is 46.3 Å². The van der Waals surface area contributed by atoms with Crippen molar-refractivity contribution in [2.75, 3.05) is 0 Å². The second-order valence-electron chi connectivity index (χ2n) is 6.07. The minimum Gasteiger partial charge on any atom is -0.398 e. The molecule has 1 rings (SSSR count). The third-order valence-electron chi connectivity index (χ3n) is 3.53. The molecule has 24 heteroatoms. The number of benzene rings is 1. The minimum absolute atomic E-state index is 0.105. The normalized spacial score (nSPS) is 15.5. The monoisotopic (exact) mass is 610 g/mol. The molecular formula is C13H5F13N3O6S2+. The van der Waals surface area contributed by atoms with Crippen LogP contribution in [0.1, 0.15) is 0 Å². The molecule has 0 saturated heterocycles. The second-order valence-corrected chi connectivity index (χ2v) is 9.73. The molecule has 0 spiro atoms. The average molecular weight is 610 g/mol. The quantitative estimate of drug-likeness (QED) is 0.228. The Kier molecular flexibility index (Phi) is 8.47. The van der Waals surface area contributed by atoms with Crippen molar-refractivity contribution in [3.63, 3.8) is 0 Å². The Morgan fingerprint density at radius 1 is 0.811 bits per heavy atom. The van der Waals surface area contributed by atoms with E-state index in [-0.39, 0.29) is 4.13 Å². The maximum absolute atomic E-state index is 14.0. The molecule has 0 aliphatic heterocycles. The lowest BCUT2D eigenvalue weighted by atomic mass is 10.2. The Morgan fingerprint density at radius 2 is 1.27 bits per heavy atom. The van der Waals surface area contributed by atoms with Gasteiger partial charge in [-0.25, -0.2) is 16.8 Å². The molecule has 0 amide bonds. The van der Waals surface area contributed by atoms with Crippen molar-refractivity contribution in [2.24, 2.45) is 0 Å². The SMILES string of the molecule is N#[N+]c1ccc(S(=O)(=O)NS(=O)(=O)C(F)(F)C(F)(F)OC(F)(C(F)(F)F)C(F)(F)OC(F)=C(F)F)cc1. The fraction of sp³-hybridized carbons (Fsp3) is 0.385. The van der Waals surface area contributed by atoms with E-state index in [1.54, 1.807) is 4.74 Å². The van der Waals surface area contributed by atoms with Crippen LogP contribution in [0.5, 0.6) is 0 Å². The van der Waals surface area contributed by atoms with Crippen LogP contribution in [0.2, 0.25) is 0 Å². The Morgan fingerprint density at radius 3 is 1.65 bits per heavy atom. The van der Waals surface area contributed by atoms with Gasteiger partial charge in [-0.2, -0.15) is 57.1 Å². The van der Waals surface area contributed by atoms with E-state index in [0.29, 0.717) is 24.3 Å². The van der Waals surface area contributed by atoms with Crippen LogP contribution in [-0.2, 0) is 29.5 Å². The Hall–Kier alpha value is -2.91. The molecule has 0 bridgehead atoms. The average Bonchev–Trinajstić information content (AvgIpc) is 2.71. The van der Waals surface area contributed by atoms with Crippen LogP contribution in [0, 0.1) is 5.39 Å². The maximum atomic E-state index is 14.0. The number of rotatable bonds is 10. The standard InChI is InChI=1S/C13H5F13N3O6S2/c14-7(15)8(16)34-11(21,22)9(17,10(18,19)20)35-12(23,24)13(25,26)37(32,33)29-36(30,31)6-3-1-5(28-27)2-4-6/h1-4,29H/q+1. The van der Waals surface area contributed by atoms with Crippen molar-refractivity contribution in [2.45, 2.75) is 34.4 Å². The first-order valence-electron chi connectivity index (χ1n) is 8.00. The molecule has 0 heterocycles. The van der Waals surface area contributed by atoms with Crippen molar-refractivity contribution < 1.29 is 83.4 Å². The molecule has 0 aromatic heterocycles. The van der Waals surface area contributed by atoms with E-state index in [1.165, 1.54) is 0 Å². The summed E-state index contributed by atoms with van der Waals surface area (Å²) in [5.41, 5.74) is -0.430. The summed E-state index contributed by atoms with van der Waals surface area (Å²) in [6.45, 7) is 0. The van der Waals surface area contributed by atoms with Gasteiger partial charge in [0.15, 0.2) is 4.98 Å². The molecule has 1 atom stereocenters. The van der Waals surface area contributed by atoms with Gasteiger partial charge in [0.1, 0.15) is 0 Å². The zero-order valence-electron chi connectivity index (χ0n) is 16.4. The molecule has 0 radical (unpaired) electrons. The summed E-state index contributed by atoms with van der Waals surface area (Å²) >= 11 is 0. The highest BCUT2D eigenvalue weighted by atomic mass is 32.3. The van der Waals surface area contributed by atoms with E-state index in [9.17, 15) is 73.9 Å². The summed E-state index contributed by atoms with van der Waals surface area (Å²) < 4.78 is 221. The molecule has 0 fully saturated rings. The molecule has 37 heavy (non-hydrogen) atoms. The van der Waals surface area contributed by atoms with Crippen LogP contribution >= 0.6 is 0 Å². The van der Waals surface area contributed by atoms with E-state index in [2.05, 4.69) is 4.98 Å². The van der Waals surface area contributed by atoms with Gasteiger partial charge in [-0.15, -0.1) is 0 Å². The molecule has 1 unspecified atom stereocenters. The van der Waals surface area contributed by atoms with Crippen LogP contribution < -0.4 is 4.13 Å². The fourth-order valence-electron chi connectivity index (χ4n) is 1.83. The summed E-state index contributed by atoms with van der Waals surface area (Å²) in [7, 11) is -13.5. The lowest BCUT2D eigenvalue weighted by Crippen LogP contribution is -2.65.